The molecule has 2 heterocycles. The fourth-order valence-electron chi connectivity index (χ4n) is 2.29. The summed E-state index contributed by atoms with van der Waals surface area (Å²) in [4.78, 5) is 23.9. The number of aromatic nitrogens is 4. The highest BCUT2D eigenvalue weighted by Gasteiger charge is 2.16. The van der Waals surface area contributed by atoms with Crippen LogP contribution in [0.1, 0.15) is 11.1 Å². The maximum atomic E-state index is 11.2. The Morgan fingerprint density at radius 1 is 1.24 bits per heavy atom. The third-order valence-corrected chi connectivity index (χ3v) is 3.45. The van der Waals surface area contributed by atoms with Crippen molar-refractivity contribution in [3.63, 3.8) is 0 Å². The summed E-state index contributed by atoms with van der Waals surface area (Å²) in [5.41, 5.74) is 4.33. The van der Waals surface area contributed by atoms with Crippen molar-refractivity contribution < 1.29 is 9.90 Å². The first-order valence-electron chi connectivity index (χ1n) is 6.52. The third kappa shape index (κ3) is 2.35. The zero-order chi connectivity index (χ0) is 15.0. The lowest BCUT2D eigenvalue weighted by Crippen LogP contribution is -2.10. The molecule has 0 unspecified atom stereocenters. The Kier molecular flexibility index (Phi) is 3.13. The van der Waals surface area contributed by atoms with Crippen molar-refractivity contribution in [1.29, 1.82) is 0 Å². The van der Waals surface area contributed by atoms with Crippen LogP contribution < -0.4 is 0 Å². The van der Waals surface area contributed by atoms with E-state index in [-0.39, 0.29) is 6.54 Å². The van der Waals surface area contributed by atoms with Gasteiger partial charge in [0, 0.05) is 12.4 Å². The van der Waals surface area contributed by atoms with E-state index in [0.717, 1.165) is 22.2 Å². The number of aryl methyl sites for hydroxylation is 2. The summed E-state index contributed by atoms with van der Waals surface area (Å²) >= 11 is 0. The smallest absolute Gasteiger partial charge is 0.323 e. The molecule has 0 spiro atoms. The number of carboxylic acids is 1. The van der Waals surface area contributed by atoms with Crippen LogP contribution in [0.5, 0.6) is 0 Å². The fourth-order valence-corrected chi connectivity index (χ4v) is 2.29. The largest absolute Gasteiger partial charge is 0.480 e. The normalized spacial score (nSPS) is 11.0. The van der Waals surface area contributed by atoms with Gasteiger partial charge in [0.15, 0.2) is 5.82 Å². The van der Waals surface area contributed by atoms with Gasteiger partial charge in [0.1, 0.15) is 12.2 Å². The predicted octanol–water partition coefficient (Wildman–Crippen LogP) is 2.19. The molecule has 0 atom stereocenters. The van der Waals surface area contributed by atoms with Crippen LogP contribution >= 0.6 is 0 Å². The zero-order valence-corrected chi connectivity index (χ0v) is 11.7. The minimum absolute atomic E-state index is 0.162. The molecular weight excluding hydrogens is 268 g/mol. The topological polar surface area (TPSA) is 80.9 Å². The molecule has 0 fully saturated rings. The first-order chi connectivity index (χ1) is 10.1. The molecule has 3 rings (SSSR count). The Balaban J connectivity index is 2.30. The Bertz CT molecular complexity index is 825. The van der Waals surface area contributed by atoms with Crippen LogP contribution in [-0.4, -0.2) is 30.6 Å². The van der Waals surface area contributed by atoms with E-state index in [1.807, 2.05) is 26.0 Å². The van der Waals surface area contributed by atoms with Crippen LogP contribution in [0.25, 0.3) is 22.6 Å². The molecule has 0 amide bonds. The van der Waals surface area contributed by atoms with Crippen molar-refractivity contribution in [2.24, 2.45) is 0 Å². The van der Waals surface area contributed by atoms with Crippen LogP contribution in [0.15, 0.2) is 30.7 Å². The molecule has 6 heteroatoms. The first kappa shape index (κ1) is 13.2. The molecule has 21 heavy (non-hydrogen) atoms. The van der Waals surface area contributed by atoms with Crippen molar-refractivity contribution in [2.45, 2.75) is 20.4 Å². The molecule has 1 N–H and O–H groups in total. The maximum Gasteiger partial charge on any atom is 0.323 e. The quantitative estimate of drug-likeness (QED) is 0.796. The maximum absolute atomic E-state index is 11.2. The van der Waals surface area contributed by atoms with E-state index in [1.54, 1.807) is 23.2 Å². The molecule has 0 aliphatic rings. The molecule has 0 aliphatic heterocycles. The van der Waals surface area contributed by atoms with Gasteiger partial charge < -0.3 is 9.67 Å². The van der Waals surface area contributed by atoms with Gasteiger partial charge >= 0.3 is 5.97 Å². The van der Waals surface area contributed by atoms with Crippen LogP contribution in [0.2, 0.25) is 0 Å². The number of carbonyl (C=O) groups is 1. The van der Waals surface area contributed by atoms with Crippen molar-refractivity contribution >= 4 is 17.0 Å². The number of benzene rings is 1. The highest BCUT2D eigenvalue weighted by Crippen LogP contribution is 2.25. The lowest BCUT2D eigenvalue weighted by molar-refractivity contribution is -0.137. The summed E-state index contributed by atoms with van der Waals surface area (Å²) in [5.74, 6) is -0.400. The second kappa shape index (κ2) is 4.97. The minimum Gasteiger partial charge on any atom is -0.480 e. The fraction of sp³-hybridized carbons (Fsp3) is 0.200. The number of carboxylic acid groups (broad SMARTS) is 1. The van der Waals surface area contributed by atoms with Gasteiger partial charge in [-0.3, -0.25) is 9.78 Å². The SMILES string of the molecule is Cc1cc2nc(-c3cnccn3)n(CC(=O)O)c2cc1C. The molecule has 0 saturated heterocycles. The van der Waals surface area contributed by atoms with Gasteiger partial charge in [-0.2, -0.15) is 0 Å². The molecule has 106 valence electrons. The van der Waals surface area contributed by atoms with E-state index >= 15 is 0 Å². The zero-order valence-electron chi connectivity index (χ0n) is 11.7. The molecular formula is C15H14N4O2. The van der Waals surface area contributed by atoms with Gasteiger partial charge in [0.25, 0.3) is 0 Å². The molecule has 0 bridgehead atoms. The highest BCUT2D eigenvalue weighted by molar-refractivity contribution is 5.83. The Labute approximate surface area is 121 Å². The molecule has 0 aliphatic carbocycles. The molecule has 1 aromatic carbocycles. The average Bonchev–Trinajstić information content (AvgIpc) is 2.78. The van der Waals surface area contributed by atoms with Crippen molar-refractivity contribution in [3.8, 4) is 11.5 Å². The highest BCUT2D eigenvalue weighted by atomic mass is 16.4. The van der Waals surface area contributed by atoms with E-state index in [0.29, 0.717) is 11.5 Å². The van der Waals surface area contributed by atoms with E-state index in [1.165, 1.54) is 0 Å². The summed E-state index contributed by atoms with van der Waals surface area (Å²) in [6.07, 6.45) is 4.72. The van der Waals surface area contributed by atoms with Crippen LogP contribution in [0, 0.1) is 13.8 Å². The second-order valence-corrected chi connectivity index (χ2v) is 4.93. The number of rotatable bonds is 3. The number of aliphatic carboxylic acids is 1. The van der Waals surface area contributed by atoms with Crippen LogP contribution in [0.3, 0.4) is 0 Å². The minimum atomic E-state index is -0.919. The summed E-state index contributed by atoms with van der Waals surface area (Å²) in [5, 5.41) is 9.16. The van der Waals surface area contributed by atoms with Gasteiger partial charge in [0.2, 0.25) is 0 Å². The Morgan fingerprint density at radius 2 is 2.00 bits per heavy atom. The van der Waals surface area contributed by atoms with Crippen LogP contribution in [0.4, 0.5) is 0 Å². The van der Waals surface area contributed by atoms with Crippen LogP contribution in [-0.2, 0) is 11.3 Å². The lowest BCUT2D eigenvalue weighted by Gasteiger charge is -2.06. The number of hydrogen-bond acceptors (Lipinski definition) is 4. The Hall–Kier alpha value is -2.76. The monoisotopic (exact) mass is 282 g/mol. The number of fused-ring (bicyclic) bond motifs is 1. The number of imidazole rings is 1. The third-order valence-electron chi connectivity index (χ3n) is 3.45. The number of nitrogens with zero attached hydrogens (tertiary/aromatic N) is 4. The Morgan fingerprint density at radius 3 is 2.67 bits per heavy atom. The van der Waals surface area contributed by atoms with E-state index in [9.17, 15) is 4.79 Å². The second-order valence-electron chi connectivity index (χ2n) is 4.93. The summed E-state index contributed by atoms with van der Waals surface area (Å²) < 4.78 is 1.66. The molecule has 3 aromatic rings. The van der Waals surface area contributed by atoms with Crippen molar-refractivity contribution in [2.75, 3.05) is 0 Å². The standard InChI is InChI=1S/C15H14N4O2/c1-9-5-11-13(6-10(9)2)19(8-14(20)21)15(18-11)12-7-16-3-4-17-12/h3-7H,8H2,1-2H3,(H,20,21). The molecule has 0 radical (unpaired) electrons. The van der Waals surface area contributed by atoms with E-state index < -0.39 is 5.97 Å². The summed E-state index contributed by atoms with van der Waals surface area (Å²) in [7, 11) is 0. The van der Waals surface area contributed by atoms with Gasteiger partial charge in [-0.25, -0.2) is 9.97 Å². The van der Waals surface area contributed by atoms with Crippen molar-refractivity contribution in [1.82, 2.24) is 19.5 Å². The summed E-state index contributed by atoms with van der Waals surface area (Å²) in [6.45, 7) is 3.84. The molecule has 2 aromatic heterocycles. The lowest BCUT2D eigenvalue weighted by atomic mass is 10.1. The average molecular weight is 282 g/mol. The molecule has 0 saturated carbocycles. The van der Waals surface area contributed by atoms with Gasteiger partial charge in [-0.15, -0.1) is 0 Å². The van der Waals surface area contributed by atoms with Gasteiger partial charge in [-0.05, 0) is 37.1 Å². The van der Waals surface area contributed by atoms with E-state index in [4.69, 9.17) is 5.11 Å². The number of hydrogen-bond donors (Lipinski definition) is 1. The predicted molar refractivity (Wildman–Crippen MR) is 77.9 cm³/mol. The van der Waals surface area contributed by atoms with Gasteiger partial charge in [0.05, 0.1) is 17.2 Å². The van der Waals surface area contributed by atoms with Gasteiger partial charge in [-0.1, -0.05) is 0 Å². The summed E-state index contributed by atoms with van der Waals surface area (Å²) in [6, 6.07) is 3.92. The van der Waals surface area contributed by atoms with E-state index in [2.05, 4.69) is 15.0 Å². The van der Waals surface area contributed by atoms with Crippen molar-refractivity contribution in [3.05, 3.63) is 41.9 Å². The first-order valence-corrected chi connectivity index (χ1v) is 6.52. The molecule has 6 nitrogen and oxygen atoms in total.